The largest absolute Gasteiger partial charge is 0.444 e. The minimum absolute atomic E-state index is 0.0832. The first kappa shape index (κ1) is 35.7. The number of nitrogens with zero attached hydrogens (tertiary/aromatic N) is 7. The normalized spacial score (nSPS) is 10.5. The van der Waals surface area contributed by atoms with Gasteiger partial charge in [-0.15, -0.1) is 0 Å². The lowest BCUT2D eigenvalue weighted by atomic mass is 10.1. The molecule has 0 aliphatic rings. The van der Waals surface area contributed by atoms with Crippen molar-refractivity contribution in [3.05, 3.63) is 96.1 Å². The van der Waals surface area contributed by atoms with Crippen LogP contribution in [0.5, 0.6) is 0 Å². The number of amides is 2. The topological polar surface area (TPSA) is 341 Å². The first-order valence-electron chi connectivity index (χ1n) is 12.6. The average Bonchev–Trinajstić information content (AvgIpc) is 2.99. The van der Waals surface area contributed by atoms with Crippen molar-refractivity contribution >= 4 is 46.3 Å². The third-order valence-electron chi connectivity index (χ3n) is 6.04. The molecule has 24 nitrogen and oxygen atoms in total. The van der Waals surface area contributed by atoms with Crippen molar-refractivity contribution in [3.63, 3.8) is 0 Å². The molecule has 0 heterocycles. The molecule has 0 aliphatic heterocycles. The molecule has 24 heteroatoms. The number of carbonyl (C=O) groups is 2. The maximum absolute atomic E-state index is 12.9. The molecule has 2 rings (SSSR count). The fourth-order valence-electron chi connectivity index (χ4n) is 3.86. The third-order valence-corrected chi connectivity index (χ3v) is 6.04. The van der Waals surface area contributed by atoms with Gasteiger partial charge in [0.1, 0.15) is 24.3 Å². The Bertz CT molecular complexity index is 1420. The van der Waals surface area contributed by atoms with Gasteiger partial charge in [0.2, 0.25) is 0 Å². The van der Waals surface area contributed by atoms with Gasteiger partial charge in [0.25, 0.3) is 34.1 Å². The monoisotopic (exact) mass is 654 g/mol. The number of carbonyl (C=O) groups excluding carboxylic acids is 2. The van der Waals surface area contributed by atoms with E-state index in [2.05, 4.69) is 0 Å². The van der Waals surface area contributed by atoms with Gasteiger partial charge in [-0.1, -0.05) is 12.8 Å². The third kappa shape index (κ3) is 9.02. The van der Waals surface area contributed by atoms with E-state index in [4.69, 9.17) is 15.2 Å². The molecule has 0 radical (unpaired) electrons. The predicted octanol–water partition coefficient (Wildman–Crippen LogP) is 3.93. The minimum Gasteiger partial charge on any atom is -0.444 e. The molecule has 0 aliphatic carbocycles. The van der Waals surface area contributed by atoms with Crippen LogP contribution in [-0.2, 0) is 22.7 Å². The van der Waals surface area contributed by atoms with Crippen LogP contribution < -0.4 is 5.73 Å². The SMILES string of the molecule is NCCCCCCN(C(=O)OCc1c([N+](=O)[O-])cc([N+](=O)[O-])cc1[N+](=O)[O-])C(=O)OCc1c([N+](=O)[O-])cc([N+](=O)[O-])cc1[N+](=O)[O-]. The van der Waals surface area contributed by atoms with Gasteiger partial charge in [-0.05, 0) is 19.4 Å². The average molecular weight is 654 g/mol. The zero-order valence-corrected chi connectivity index (χ0v) is 23.2. The Hall–Kier alpha value is -6.46. The van der Waals surface area contributed by atoms with Crippen LogP contribution in [0.25, 0.3) is 0 Å². The van der Waals surface area contributed by atoms with Crippen LogP contribution >= 0.6 is 0 Å². The summed E-state index contributed by atoms with van der Waals surface area (Å²) in [5.74, 6) is 0. The molecule has 2 amide bonds. The highest BCUT2D eigenvalue weighted by Crippen LogP contribution is 2.35. The van der Waals surface area contributed by atoms with Crippen molar-refractivity contribution in [2.75, 3.05) is 13.1 Å². The summed E-state index contributed by atoms with van der Waals surface area (Å²) in [5.41, 5.74) is -2.95. The van der Waals surface area contributed by atoms with Crippen molar-refractivity contribution < 1.29 is 48.6 Å². The summed E-state index contributed by atoms with van der Waals surface area (Å²) in [6.45, 7) is -2.62. The number of imide groups is 1. The molecule has 0 saturated carbocycles. The number of ether oxygens (including phenoxy) is 2. The van der Waals surface area contributed by atoms with Crippen molar-refractivity contribution in [3.8, 4) is 0 Å². The van der Waals surface area contributed by atoms with Crippen LogP contribution in [0.2, 0.25) is 0 Å². The molecule has 0 bridgehead atoms. The minimum atomic E-state index is -1.60. The Morgan fingerprint density at radius 3 is 1.17 bits per heavy atom. The molecule has 0 fully saturated rings. The summed E-state index contributed by atoms with van der Waals surface area (Å²) in [4.78, 5) is 87.3. The van der Waals surface area contributed by atoms with E-state index in [1.54, 1.807) is 0 Å². The molecule has 2 aromatic rings. The molecule has 2 aromatic carbocycles. The van der Waals surface area contributed by atoms with Crippen LogP contribution in [0.3, 0.4) is 0 Å². The van der Waals surface area contributed by atoms with Crippen molar-refractivity contribution in [2.24, 2.45) is 5.73 Å². The van der Waals surface area contributed by atoms with Crippen LogP contribution in [0.4, 0.5) is 43.7 Å². The van der Waals surface area contributed by atoms with E-state index in [-0.39, 0.29) is 11.3 Å². The van der Waals surface area contributed by atoms with Gasteiger partial charge in [0.05, 0.1) is 53.8 Å². The summed E-state index contributed by atoms with van der Waals surface area (Å²) in [5, 5.41) is 68.2. The Morgan fingerprint density at radius 2 is 0.891 bits per heavy atom. The maximum atomic E-state index is 12.9. The molecule has 0 unspecified atom stereocenters. The maximum Gasteiger partial charge on any atom is 0.419 e. The molecule has 246 valence electrons. The van der Waals surface area contributed by atoms with E-state index in [9.17, 15) is 70.3 Å². The van der Waals surface area contributed by atoms with Gasteiger partial charge in [0, 0.05) is 6.54 Å². The van der Waals surface area contributed by atoms with E-state index in [0.29, 0.717) is 50.1 Å². The number of nitro benzene ring substituents is 6. The van der Waals surface area contributed by atoms with Gasteiger partial charge >= 0.3 is 12.2 Å². The van der Waals surface area contributed by atoms with Gasteiger partial charge in [0.15, 0.2) is 0 Å². The number of benzene rings is 2. The number of non-ortho nitro benzene ring substituents is 2. The van der Waals surface area contributed by atoms with Gasteiger partial charge in [-0.25, -0.2) is 14.5 Å². The number of unbranched alkanes of at least 4 members (excludes halogenated alkanes) is 3. The Kier molecular flexibility index (Phi) is 12.3. The quantitative estimate of drug-likeness (QED) is 0.152. The van der Waals surface area contributed by atoms with Crippen LogP contribution in [0.1, 0.15) is 36.8 Å². The number of hydrogen-bond donors (Lipinski definition) is 1. The molecular weight excluding hydrogens is 632 g/mol. The fraction of sp³-hybridized carbons (Fsp3) is 0.364. The zero-order valence-electron chi connectivity index (χ0n) is 23.2. The summed E-state index contributed by atoms with van der Waals surface area (Å²) < 4.78 is 9.77. The summed E-state index contributed by atoms with van der Waals surface area (Å²) >= 11 is 0. The second kappa shape index (κ2) is 15.8. The summed E-state index contributed by atoms with van der Waals surface area (Å²) in [6.07, 6.45) is -1.63. The molecule has 0 spiro atoms. The van der Waals surface area contributed by atoms with E-state index in [1.165, 1.54) is 0 Å². The van der Waals surface area contributed by atoms with E-state index < -0.39 is 107 Å². The highest BCUT2D eigenvalue weighted by molar-refractivity contribution is 5.88. The number of rotatable bonds is 16. The molecular formula is C22H22N8O16. The van der Waals surface area contributed by atoms with Crippen molar-refractivity contribution in [2.45, 2.75) is 38.9 Å². The second-order valence-electron chi connectivity index (χ2n) is 8.93. The van der Waals surface area contributed by atoms with E-state index in [1.807, 2.05) is 0 Å². The number of nitro groups is 6. The Balaban J connectivity index is 2.42. The molecule has 0 aromatic heterocycles. The molecule has 46 heavy (non-hydrogen) atoms. The smallest absolute Gasteiger partial charge is 0.419 e. The molecule has 0 atom stereocenters. The number of hydrogen-bond acceptors (Lipinski definition) is 17. The highest BCUT2D eigenvalue weighted by Gasteiger charge is 2.35. The predicted molar refractivity (Wildman–Crippen MR) is 147 cm³/mol. The van der Waals surface area contributed by atoms with Gasteiger partial charge in [-0.2, -0.15) is 0 Å². The standard InChI is InChI=1S/C22H22N8O16/c23-5-3-1-2-4-6-24(21(31)45-11-15-17(27(37)38)7-13(25(33)34)8-18(15)28(39)40)22(32)46-12-16-19(29(41)42)9-14(26(35)36)10-20(16)30(43)44/h7-10H,1-6,11-12,23H2. The first-order chi connectivity index (χ1) is 21.6. The molecule has 2 N–H and O–H groups in total. The van der Waals surface area contributed by atoms with Crippen LogP contribution in [0, 0.1) is 60.7 Å². The lowest BCUT2D eigenvalue weighted by molar-refractivity contribution is -0.404. The lowest BCUT2D eigenvalue weighted by Crippen LogP contribution is -2.38. The van der Waals surface area contributed by atoms with Crippen LogP contribution in [0.15, 0.2) is 24.3 Å². The number of nitrogens with two attached hydrogens (primary N) is 1. The van der Waals surface area contributed by atoms with E-state index in [0.717, 1.165) is 0 Å². The lowest BCUT2D eigenvalue weighted by Gasteiger charge is -2.20. The van der Waals surface area contributed by atoms with Crippen molar-refractivity contribution in [1.82, 2.24) is 4.90 Å². The summed E-state index contributed by atoms with van der Waals surface area (Å²) in [7, 11) is 0. The first-order valence-corrected chi connectivity index (χ1v) is 12.6. The van der Waals surface area contributed by atoms with E-state index >= 15 is 0 Å². The zero-order chi connectivity index (χ0) is 34.7. The molecule has 0 saturated heterocycles. The van der Waals surface area contributed by atoms with Crippen LogP contribution in [-0.4, -0.2) is 59.7 Å². The van der Waals surface area contributed by atoms with Crippen molar-refractivity contribution in [1.29, 1.82) is 0 Å². The van der Waals surface area contributed by atoms with Gasteiger partial charge < -0.3 is 15.2 Å². The Labute approximate surface area is 254 Å². The summed E-state index contributed by atoms with van der Waals surface area (Å²) in [6, 6.07) is 1.57. The Morgan fingerprint density at radius 1 is 0.565 bits per heavy atom. The van der Waals surface area contributed by atoms with Gasteiger partial charge in [-0.3, -0.25) is 60.7 Å². The second-order valence-corrected chi connectivity index (χ2v) is 8.93. The highest BCUT2D eigenvalue weighted by atomic mass is 16.7. The fourth-order valence-corrected chi connectivity index (χ4v) is 3.86.